The SMILES string of the molecule is Cl.O=C(CC1(C(=O)Nc2ccsc2)CCNC1)Nc1ccsc1. The van der Waals surface area contributed by atoms with Crippen molar-refractivity contribution in [3.63, 3.8) is 0 Å². The highest BCUT2D eigenvalue weighted by Gasteiger charge is 2.43. The second kappa shape index (κ2) is 7.92. The van der Waals surface area contributed by atoms with Gasteiger partial charge in [-0.1, -0.05) is 0 Å². The number of nitrogens with one attached hydrogen (secondary N) is 3. The normalized spacial score (nSPS) is 19.8. The predicted molar refractivity (Wildman–Crippen MR) is 97.7 cm³/mol. The van der Waals surface area contributed by atoms with Gasteiger partial charge in [-0.15, -0.1) is 12.4 Å². The predicted octanol–water partition coefficient (Wildman–Crippen LogP) is 3.18. The van der Waals surface area contributed by atoms with Crippen molar-refractivity contribution in [3.05, 3.63) is 33.7 Å². The molecule has 1 aliphatic rings. The Morgan fingerprint density at radius 2 is 1.78 bits per heavy atom. The van der Waals surface area contributed by atoms with Gasteiger partial charge in [-0.3, -0.25) is 9.59 Å². The summed E-state index contributed by atoms with van der Waals surface area (Å²) in [5.74, 6) is -0.209. The fourth-order valence-corrected chi connectivity index (χ4v) is 3.79. The van der Waals surface area contributed by atoms with Crippen LogP contribution >= 0.6 is 35.1 Å². The van der Waals surface area contributed by atoms with Crippen LogP contribution in [0.4, 0.5) is 11.4 Å². The van der Waals surface area contributed by atoms with Gasteiger partial charge in [0.1, 0.15) is 0 Å². The van der Waals surface area contributed by atoms with Gasteiger partial charge >= 0.3 is 0 Å². The van der Waals surface area contributed by atoms with Crippen molar-refractivity contribution in [2.24, 2.45) is 5.41 Å². The molecule has 0 saturated carbocycles. The first kappa shape index (κ1) is 17.9. The lowest BCUT2D eigenvalue weighted by Gasteiger charge is -2.26. The van der Waals surface area contributed by atoms with E-state index in [9.17, 15) is 9.59 Å². The zero-order valence-corrected chi connectivity index (χ0v) is 14.8. The van der Waals surface area contributed by atoms with Gasteiger partial charge in [0.05, 0.1) is 16.8 Å². The highest BCUT2D eigenvalue weighted by molar-refractivity contribution is 7.08. The summed E-state index contributed by atoms with van der Waals surface area (Å²) >= 11 is 3.06. The number of anilines is 2. The van der Waals surface area contributed by atoms with E-state index >= 15 is 0 Å². The van der Waals surface area contributed by atoms with Gasteiger partial charge in [0.15, 0.2) is 0 Å². The Kier molecular flexibility index (Phi) is 6.17. The molecule has 1 unspecified atom stereocenters. The maximum absolute atomic E-state index is 12.6. The summed E-state index contributed by atoms with van der Waals surface area (Å²) in [5, 5.41) is 16.6. The van der Waals surface area contributed by atoms with Crippen LogP contribution in [0, 0.1) is 5.41 Å². The van der Waals surface area contributed by atoms with Gasteiger partial charge in [-0.2, -0.15) is 22.7 Å². The molecule has 3 rings (SSSR count). The maximum Gasteiger partial charge on any atom is 0.232 e. The minimum atomic E-state index is -0.679. The third-order valence-corrected chi connectivity index (χ3v) is 5.17. The highest BCUT2D eigenvalue weighted by atomic mass is 35.5. The van der Waals surface area contributed by atoms with E-state index in [0.29, 0.717) is 13.0 Å². The van der Waals surface area contributed by atoms with Crippen molar-refractivity contribution in [1.82, 2.24) is 5.32 Å². The summed E-state index contributed by atoms with van der Waals surface area (Å²) in [7, 11) is 0. The Labute approximate surface area is 148 Å². The van der Waals surface area contributed by atoms with Gasteiger partial charge < -0.3 is 16.0 Å². The molecule has 3 heterocycles. The van der Waals surface area contributed by atoms with Crippen LogP contribution in [0.1, 0.15) is 12.8 Å². The Hall–Kier alpha value is -1.41. The van der Waals surface area contributed by atoms with Gasteiger partial charge in [0.25, 0.3) is 0 Å². The quantitative estimate of drug-likeness (QED) is 0.756. The monoisotopic (exact) mass is 371 g/mol. The highest BCUT2D eigenvalue weighted by Crippen LogP contribution is 2.32. The Morgan fingerprint density at radius 1 is 1.13 bits per heavy atom. The molecule has 3 N–H and O–H groups in total. The number of halogens is 1. The van der Waals surface area contributed by atoms with Crippen LogP contribution in [0.3, 0.4) is 0 Å². The van der Waals surface area contributed by atoms with Gasteiger partial charge in [-0.05, 0) is 35.9 Å². The molecular formula is C15H18ClN3O2S2. The molecule has 2 amide bonds. The summed E-state index contributed by atoms with van der Waals surface area (Å²) in [6.45, 7) is 1.28. The maximum atomic E-state index is 12.6. The number of rotatable bonds is 5. The molecule has 1 atom stereocenters. The number of carbonyl (C=O) groups is 2. The van der Waals surface area contributed by atoms with E-state index in [4.69, 9.17) is 0 Å². The van der Waals surface area contributed by atoms with E-state index in [1.165, 1.54) is 22.7 Å². The molecule has 1 aliphatic heterocycles. The average Bonchev–Trinajstić information content (AvgIpc) is 3.20. The molecule has 0 spiro atoms. The molecule has 124 valence electrons. The van der Waals surface area contributed by atoms with Crippen LogP contribution in [0.5, 0.6) is 0 Å². The molecule has 0 bridgehead atoms. The average molecular weight is 372 g/mol. The van der Waals surface area contributed by atoms with Crippen LogP contribution in [0.2, 0.25) is 0 Å². The van der Waals surface area contributed by atoms with Crippen LogP contribution in [-0.2, 0) is 9.59 Å². The number of hydrogen-bond acceptors (Lipinski definition) is 5. The number of amides is 2. The van der Waals surface area contributed by atoms with E-state index in [1.807, 2.05) is 33.7 Å². The summed E-state index contributed by atoms with van der Waals surface area (Å²) in [4.78, 5) is 24.9. The lowest BCUT2D eigenvalue weighted by molar-refractivity contribution is -0.129. The van der Waals surface area contributed by atoms with Crippen LogP contribution < -0.4 is 16.0 Å². The lowest BCUT2D eigenvalue weighted by atomic mass is 9.82. The van der Waals surface area contributed by atoms with Crippen LogP contribution in [0.15, 0.2) is 33.7 Å². The third kappa shape index (κ3) is 4.32. The molecule has 23 heavy (non-hydrogen) atoms. The van der Waals surface area contributed by atoms with E-state index in [-0.39, 0.29) is 30.6 Å². The Balaban J connectivity index is 0.00000192. The topological polar surface area (TPSA) is 70.2 Å². The summed E-state index contributed by atoms with van der Waals surface area (Å²) in [6.07, 6.45) is 0.853. The first-order valence-corrected chi connectivity index (χ1v) is 8.93. The fraction of sp³-hybridized carbons (Fsp3) is 0.333. The Morgan fingerprint density at radius 3 is 2.30 bits per heavy atom. The first-order valence-electron chi connectivity index (χ1n) is 7.04. The summed E-state index contributed by atoms with van der Waals surface area (Å²) < 4.78 is 0. The third-order valence-electron chi connectivity index (χ3n) is 3.81. The zero-order valence-electron chi connectivity index (χ0n) is 12.3. The largest absolute Gasteiger partial charge is 0.325 e. The van der Waals surface area contributed by atoms with Crippen LogP contribution in [-0.4, -0.2) is 24.9 Å². The molecule has 2 aromatic heterocycles. The van der Waals surface area contributed by atoms with E-state index in [1.54, 1.807) is 0 Å². The summed E-state index contributed by atoms with van der Waals surface area (Å²) in [5.41, 5.74) is 0.899. The fourth-order valence-electron chi connectivity index (χ4n) is 2.62. The molecule has 2 aromatic rings. The van der Waals surface area contributed by atoms with Crippen molar-refractivity contribution < 1.29 is 9.59 Å². The van der Waals surface area contributed by atoms with Crippen molar-refractivity contribution in [1.29, 1.82) is 0 Å². The van der Waals surface area contributed by atoms with Crippen molar-refractivity contribution >= 4 is 58.3 Å². The molecule has 5 nitrogen and oxygen atoms in total. The van der Waals surface area contributed by atoms with E-state index in [2.05, 4.69) is 16.0 Å². The molecule has 0 aromatic carbocycles. The second-order valence-electron chi connectivity index (χ2n) is 5.41. The lowest BCUT2D eigenvalue weighted by Crippen LogP contribution is -2.41. The van der Waals surface area contributed by atoms with Gasteiger partial charge in [-0.25, -0.2) is 0 Å². The molecular weight excluding hydrogens is 354 g/mol. The Bertz CT molecular complexity index is 638. The molecule has 1 fully saturated rings. The van der Waals surface area contributed by atoms with Gasteiger partial charge in [0, 0.05) is 23.7 Å². The standard InChI is InChI=1S/C15H17N3O2S2.ClH/c19-13(17-11-1-5-21-8-11)7-15(3-4-16-10-15)14(20)18-12-2-6-22-9-12;/h1-2,5-6,8-9,16H,3-4,7,10H2,(H,17,19)(H,18,20);1H. The number of hydrogen-bond donors (Lipinski definition) is 3. The molecule has 1 saturated heterocycles. The van der Waals surface area contributed by atoms with Gasteiger partial charge in [0.2, 0.25) is 11.8 Å². The zero-order chi connectivity index (χ0) is 15.4. The van der Waals surface area contributed by atoms with Crippen LogP contribution in [0.25, 0.3) is 0 Å². The minimum Gasteiger partial charge on any atom is -0.325 e. The first-order chi connectivity index (χ1) is 10.7. The van der Waals surface area contributed by atoms with Crippen molar-refractivity contribution in [2.45, 2.75) is 12.8 Å². The van der Waals surface area contributed by atoms with E-state index < -0.39 is 5.41 Å². The number of thiophene rings is 2. The van der Waals surface area contributed by atoms with Crippen molar-refractivity contribution in [2.75, 3.05) is 23.7 Å². The molecule has 8 heteroatoms. The molecule has 0 radical (unpaired) electrons. The molecule has 0 aliphatic carbocycles. The van der Waals surface area contributed by atoms with E-state index in [0.717, 1.165) is 17.9 Å². The number of carbonyl (C=O) groups excluding carboxylic acids is 2. The second-order valence-corrected chi connectivity index (χ2v) is 6.97. The smallest absolute Gasteiger partial charge is 0.232 e. The summed E-state index contributed by atoms with van der Waals surface area (Å²) in [6, 6.07) is 3.72. The minimum absolute atomic E-state index is 0. The van der Waals surface area contributed by atoms with Crippen molar-refractivity contribution in [3.8, 4) is 0 Å².